The molecular weight excluding hydrogens is 358 g/mol. The van der Waals surface area contributed by atoms with Gasteiger partial charge in [-0.15, -0.1) is 0 Å². The van der Waals surface area contributed by atoms with Crippen LogP contribution in [-0.4, -0.2) is 47.3 Å². The lowest BCUT2D eigenvalue weighted by Gasteiger charge is -2.17. The minimum atomic E-state index is -3.63. The molecule has 1 saturated heterocycles. The molecule has 25 heavy (non-hydrogen) atoms. The fraction of sp³-hybridized carbons (Fsp3) is 0.588. The van der Waals surface area contributed by atoms with Crippen LogP contribution in [0.5, 0.6) is 0 Å². The van der Waals surface area contributed by atoms with Crippen LogP contribution < -0.4 is 0 Å². The fourth-order valence-corrected chi connectivity index (χ4v) is 6.51. The number of aliphatic hydroxyl groups is 1. The van der Waals surface area contributed by atoms with Gasteiger partial charge in [-0.05, 0) is 35.2 Å². The lowest BCUT2D eigenvalue weighted by Crippen LogP contribution is -2.30. The summed E-state index contributed by atoms with van der Waals surface area (Å²) >= 11 is 1.60. The number of hydrogen-bond acceptors (Lipinski definition) is 5. The highest BCUT2D eigenvalue weighted by molar-refractivity contribution is 7.89. The molecule has 0 spiro atoms. The first-order valence-corrected chi connectivity index (χ1v) is 11.0. The van der Waals surface area contributed by atoms with Crippen molar-refractivity contribution in [2.75, 3.05) is 19.7 Å². The van der Waals surface area contributed by atoms with Crippen molar-refractivity contribution in [1.29, 1.82) is 0 Å². The second-order valence-electron chi connectivity index (χ2n) is 6.48. The standard InChI is InChI=1S/C17H25N3O3S2/c1-4-15-17(16(5-2)19(3)18-15)25(22,23)20-8-13(10-21)14(9-20)12-6-7-24-11-12/h6-7,11,13-14,21H,4-5,8-10H2,1-3H3/t13-,14-/m1/s1. The summed E-state index contributed by atoms with van der Waals surface area (Å²) in [5.41, 5.74) is 2.48. The van der Waals surface area contributed by atoms with Gasteiger partial charge in [0.15, 0.2) is 0 Å². The van der Waals surface area contributed by atoms with Gasteiger partial charge in [-0.25, -0.2) is 8.42 Å². The van der Waals surface area contributed by atoms with Crippen LogP contribution in [0.1, 0.15) is 36.7 Å². The number of aliphatic hydroxyl groups excluding tert-OH is 1. The third-order valence-electron chi connectivity index (χ3n) is 5.07. The Kier molecular flexibility index (Phi) is 5.34. The molecule has 0 bridgehead atoms. The van der Waals surface area contributed by atoms with Crippen LogP contribution in [0, 0.1) is 5.92 Å². The maximum atomic E-state index is 13.4. The molecule has 0 amide bonds. The second-order valence-corrected chi connectivity index (χ2v) is 9.14. The molecule has 0 unspecified atom stereocenters. The zero-order chi connectivity index (χ0) is 18.2. The third-order valence-corrected chi connectivity index (χ3v) is 7.73. The van der Waals surface area contributed by atoms with E-state index in [-0.39, 0.29) is 18.4 Å². The van der Waals surface area contributed by atoms with E-state index < -0.39 is 10.0 Å². The zero-order valence-electron chi connectivity index (χ0n) is 14.8. The quantitative estimate of drug-likeness (QED) is 0.828. The SMILES string of the molecule is CCc1nn(C)c(CC)c1S(=O)(=O)N1C[C@H](CO)[C@@H](c2ccsc2)C1. The van der Waals surface area contributed by atoms with E-state index in [0.29, 0.717) is 36.5 Å². The minimum absolute atomic E-state index is 0.0131. The molecule has 1 N–H and O–H groups in total. The molecule has 8 heteroatoms. The van der Waals surface area contributed by atoms with E-state index in [0.717, 1.165) is 11.3 Å². The van der Waals surface area contributed by atoms with Gasteiger partial charge in [0, 0.05) is 38.6 Å². The molecule has 3 heterocycles. The molecule has 3 rings (SSSR count). The molecule has 138 valence electrons. The van der Waals surface area contributed by atoms with Crippen molar-refractivity contribution in [1.82, 2.24) is 14.1 Å². The maximum Gasteiger partial charge on any atom is 0.246 e. The highest BCUT2D eigenvalue weighted by Crippen LogP contribution is 2.37. The summed E-state index contributed by atoms with van der Waals surface area (Å²) in [4.78, 5) is 0.364. The van der Waals surface area contributed by atoms with E-state index in [1.165, 1.54) is 4.31 Å². The van der Waals surface area contributed by atoms with E-state index >= 15 is 0 Å². The lowest BCUT2D eigenvalue weighted by atomic mass is 9.92. The summed E-state index contributed by atoms with van der Waals surface area (Å²) in [6, 6.07) is 2.02. The normalized spacial score (nSPS) is 21.9. The third kappa shape index (κ3) is 3.16. The first-order chi connectivity index (χ1) is 11.9. The Balaban J connectivity index is 1.99. The Labute approximate surface area is 153 Å². The van der Waals surface area contributed by atoms with E-state index in [2.05, 4.69) is 5.10 Å². The molecule has 1 aliphatic heterocycles. The van der Waals surface area contributed by atoms with Gasteiger partial charge in [0.1, 0.15) is 4.90 Å². The Morgan fingerprint density at radius 3 is 2.64 bits per heavy atom. The molecule has 0 aromatic carbocycles. The molecule has 2 aromatic heterocycles. The Morgan fingerprint density at radius 2 is 2.08 bits per heavy atom. The summed E-state index contributed by atoms with van der Waals surface area (Å²) in [5, 5.41) is 18.2. The first kappa shape index (κ1) is 18.6. The minimum Gasteiger partial charge on any atom is -0.396 e. The van der Waals surface area contributed by atoms with Crippen LogP contribution >= 0.6 is 11.3 Å². The van der Waals surface area contributed by atoms with Crippen LogP contribution in [0.2, 0.25) is 0 Å². The summed E-state index contributed by atoms with van der Waals surface area (Å²) < 4.78 is 30.0. The number of thiophene rings is 1. The van der Waals surface area contributed by atoms with Crippen molar-refractivity contribution in [2.24, 2.45) is 13.0 Å². The lowest BCUT2D eigenvalue weighted by molar-refractivity contribution is 0.223. The van der Waals surface area contributed by atoms with Gasteiger partial charge in [0.05, 0.1) is 11.4 Å². The van der Waals surface area contributed by atoms with Crippen LogP contribution in [0.25, 0.3) is 0 Å². The Morgan fingerprint density at radius 1 is 1.32 bits per heavy atom. The van der Waals surface area contributed by atoms with Crippen LogP contribution in [0.15, 0.2) is 21.7 Å². The van der Waals surface area contributed by atoms with Crippen molar-refractivity contribution in [3.05, 3.63) is 33.8 Å². The smallest absolute Gasteiger partial charge is 0.246 e. The van der Waals surface area contributed by atoms with Gasteiger partial charge in [0.2, 0.25) is 10.0 Å². The average Bonchev–Trinajstić information content (AvgIpc) is 3.31. The van der Waals surface area contributed by atoms with Crippen molar-refractivity contribution >= 4 is 21.4 Å². The van der Waals surface area contributed by atoms with Gasteiger partial charge in [-0.3, -0.25) is 4.68 Å². The predicted molar refractivity (Wildman–Crippen MR) is 98.4 cm³/mol. The largest absolute Gasteiger partial charge is 0.396 e. The Hall–Kier alpha value is -1.22. The number of nitrogens with zero attached hydrogens (tertiary/aromatic N) is 3. The first-order valence-electron chi connectivity index (χ1n) is 8.61. The van der Waals surface area contributed by atoms with Crippen molar-refractivity contribution in [3.8, 4) is 0 Å². The predicted octanol–water partition coefficient (Wildman–Crippen LogP) is 2.00. The molecule has 6 nitrogen and oxygen atoms in total. The van der Waals surface area contributed by atoms with E-state index in [1.807, 2.05) is 30.7 Å². The van der Waals surface area contributed by atoms with Crippen LogP contribution in [0.3, 0.4) is 0 Å². The van der Waals surface area contributed by atoms with Crippen LogP contribution in [-0.2, 0) is 29.9 Å². The monoisotopic (exact) mass is 383 g/mol. The van der Waals surface area contributed by atoms with E-state index in [1.54, 1.807) is 23.1 Å². The van der Waals surface area contributed by atoms with Crippen molar-refractivity contribution in [2.45, 2.75) is 37.5 Å². The second kappa shape index (κ2) is 7.19. The van der Waals surface area contributed by atoms with Gasteiger partial charge < -0.3 is 5.11 Å². The molecule has 1 aliphatic rings. The van der Waals surface area contributed by atoms with Gasteiger partial charge >= 0.3 is 0 Å². The highest BCUT2D eigenvalue weighted by atomic mass is 32.2. The van der Waals surface area contributed by atoms with Gasteiger partial charge in [-0.2, -0.15) is 20.7 Å². The molecule has 2 atom stereocenters. The molecule has 0 saturated carbocycles. The fourth-order valence-electron chi connectivity index (χ4n) is 3.72. The van der Waals surface area contributed by atoms with Crippen molar-refractivity contribution < 1.29 is 13.5 Å². The topological polar surface area (TPSA) is 75.4 Å². The molecule has 0 aliphatic carbocycles. The number of aryl methyl sites for hydroxylation is 2. The highest BCUT2D eigenvalue weighted by Gasteiger charge is 2.42. The van der Waals surface area contributed by atoms with Gasteiger partial charge in [-0.1, -0.05) is 13.8 Å². The zero-order valence-corrected chi connectivity index (χ0v) is 16.5. The summed E-state index contributed by atoms with van der Waals surface area (Å²) in [5.74, 6) is -0.0333. The molecule has 0 radical (unpaired) electrons. The van der Waals surface area contributed by atoms with Gasteiger partial charge in [0.25, 0.3) is 0 Å². The number of aromatic nitrogens is 2. The van der Waals surface area contributed by atoms with E-state index in [4.69, 9.17) is 0 Å². The number of sulfonamides is 1. The molecular formula is C17H25N3O3S2. The Bertz CT molecular complexity index is 828. The van der Waals surface area contributed by atoms with Crippen molar-refractivity contribution in [3.63, 3.8) is 0 Å². The number of rotatable bonds is 6. The molecule has 1 fully saturated rings. The average molecular weight is 384 g/mol. The summed E-state index contributed by atoms with van der Waals surface area (Å²) in [6.07, 6.45) is 1.19. The van der Waals surface area contributed by atoms with E-state index in [9.17, 15) is 13.5 Å². The summed E-state index contributed by atoms with van der Waals surface area (Å²) in [6.45, 7) is 4.62. The molecule has 2 aromatic rings. The number of hydrogen-bond donors (Lipinski definition) is 1. The van der Waals surface area contributed by atoms with Crippen LogP contribution in [0.4, 0.5) is 0 Å². The maximum absolute atomic E-state index is 13.4. The summed E-state index contributed by atoms with van der Waals surface area (Å²) in [7, 11) is -1.83.